The molecule has 4 aromatic rings. The van der Waals surface area contributed by atoms with Crippen LogP contribution in [0.25, 0.3) is 10.9 Å². The largest absolute Gasteiger partial charge is 0.489 e. The van der Waals surface area contributed by atoms with Crippen molar-refractivity contribution in [1.29, 1.82) is 0 Å². The van der Waals surface area contributed by atoms with Crippen LogP contribution in [0.5, 0.6) is 5.75 Å². The van der Waals surface area contributed by atoms with Gasteiger partial charge in [0, 0.05) is 10.4 Å². The number of halogens is 1. The lowest BCUT2D eigenvalue weighted by Gasteiger charge is -2.14. The normalized spacial score (nSPS) is 12.2. The molecule has 0 saturated heterocycles. The molecule has 0 fully saturated rings. The van der Waals surface area contributed by atoms with E-state index in [0.29, 0.717) is 29.1 Å². The molecule has 7 nitrogen and oxygen atoms in total. The number of fused-ring (bicyclic) bond motifs is 1. The van der Waals surface area contributed by atoms with Crippen LogP contribution in [0.15, 0.2) is 81.1 Å². The summed E-state index contributed by atoms with van der Waals surface area (Å²) < 4.78 is 7.98. The van der Waals surface area contributed by atoms with Gasteiger partial charge < -0.3 is 9.84 Å². The van der Waals surface area contributed by atoms with Crippen LogP contribution in [0.4, 0.5) is 0 Å². The summed E-state index contributed by atoms with van der Waals surface area (Å²) in [4.78, 5) is 28.9. The van der Waals surface area contributed by atoms with Crippen molar-refractivity contribution >= 4 is 39.0 Å². The zero-order valence-corrected chi connectivity index (χ0v) is 20.9. The maximum atomic E-state index is 13.2. The molecule has 0 aliphatic heterocycles. The van der Waals surface area contributed by atoms with Gasteiger partial charge in [0.25, 0.3) is 5.56 Å². The first-order valence-corrected chi connectivity index (χ1v) is 12.0. The summed E-state index contributed by atoms with van der Waals surface area (Å²) in [7, 11) is 0. The number of hydrogen-bond donors (Lipinski definition) is 1. The first-order chi connectivity index (χ1) is 16.9. The number of carboxylic acid groups (broad SMARTS) is 1. The number of rotatable bonds is 8. The molecule has 0 aliphatic rings. The average Bonchev–Trinajstić information content (AvgIpc) is 2.87. The maximum Gasteiger partial charge on any atom is 0.335 e. The van der Waals surface area contributed by atoms with Crippen LogP contribution in [-0.4, -0.2) is 27.0 Å². The molecule has 0 bridgehead atoms. The molecule has 1 heterocycles. The summed E-state index contributed by atoms with van der Waals surface area (Å²) in [6.45, 7) is 4.40. The summed E-state index contributed by atoms with van der Waals surface area (Å²) in [5.41, 5.74) is 2.35. The van der Waals surface area contributed by atoms with Crippen molar-refractivity contribution in [3.63, 3.8) is 0 Å². The summed E-state index contributed by atoms with van der Waals surface area (Å²) >= 11 is 3.42. The Morgan fingerprint density at radius 2 is 1.86 bits per heavy atom. The topological polar surface area (TPSA) is 93.8 Å². The van der Waals surface area contributed by atoms with E-state index < -0.39 is 5.97 Å². The van der Waals surface area contributed by atoms with Gasteiger partial charge in [-0.15, -0.1) is 0 Å². The Kier molecular flexibility index (Phi) is 7.41. The van der Waals surface area contributed by atoms with E-state index in [1.54, 1.807) is 36.5 Å². The zero-order chi connectivity index (χ0) is 24.9. The van der Waals surface area contributed by atoms with Gasteiger partial charge in [-0.2, -0.15) is 9.78 Å². The van der Waals surface area contributed by atoms with Crippen molar-refractivity contribution in [2.45, 2.75) is 32.8 Å². The minimum atomic E-state index is -0.958. The average molecular weight is 534 g/mol. The highest BCUT2D eigenvalue weighted by Crippen LogP contribution is 2.21. The number of nitrogens with zero attached hydrogens (tertiary/aromatic N) is 3. The molecule has 35 heavy (non-hydrogen) atoms. The number of carboxylic acids is 1. The predicted molar refractivity (Wildman–Crippen MR) is 140 cm³/mol. The van der Waals surface area contributed by atoms with Crippen LogP contribution in [-0.2, 0) is 6.61 Å². The number of aromatic carboxylic acids is 1. The summed E-state index contributed by atoms with van der Waals surface area (Å²) in [6.07, 6.45) is 2.46. The number of hydrogen-bond acceptors (Lipinski definition) is 5. The Hall–Kier alpha value is -3.78. The molecule has 8 heteroatoms. The quantitative estimate of drug-likeness (QED) is 0.287. The van der Waals surface area contributed by atoms with E-state index in [9.17, 15) is 9.59 Å². The molecule has 0 amide bonds. The molecule has 0 unspecified atom stereocenters. The molecular weight excluding hydrogens is 510 g/mol. The van der Waals surface area contributed by atoms with Crippen LogP contribution in [0.3, 0.4) is 0 Å². The van der Waals surface area contributed by atoms with E-state index in [2.05, 4.69) is 28.0 Å². The van der Waals surface area contributed by atoms with Gasteiger partial charge in [-0.05, 0) is 72.1 Å². The Balaban J connectivity index is 1.53. The highest BCUT2D eigenvalue weighted by atomic mass is 79.9. The lowest BCUT2D eigenvalue weighted by atomic mass is 10.1. The molecule has 0 radical (unpaired) electrons. The SMILES string of the molecule is CC[C@@H](C)c1nc2ccc(Br)cc2c(=O)n1N=Cc1ccc(OCc2ccc(C(=O)O)cc2)cc1. The van der Waals surface area contributed by atoms with E-state index >= 15 is 0 Å². The van der Waals surface area contributed by atoms with Crippen LogP contribution >= 0.6 is 15.9 Å². The fourth-order valence-electron chi connectivity index (χ4n) is 3.46. The van der Waals surface area contributed by atoms with Gasteiger partial charge in [0.1, 0.15) is 18.2 Å². The van der Waals surface area contributed by atoms with Gasteiger partial charge in [-0.1, -0.05) is 41.9 Å². The molecule has 0 saturated carbocycles. The molecule has 0 aliphatic carbocycles. The Morgan fingerprint density at radius 3 is 2.51 bits per heavy atom. The molecule has 3 aromatic carbocycles. The number of aromatic nitrogens is 2. The second-order valence-electron chi connectivity index (χ2n) is 8.16. The Bertz CT molecular complexity index is 1440. The highest BCUT2D eigenvalue weighted by Gasteiger charge is 2.15. The van der Waals surface area contributed by atoms with Crippen molar-refractivity contribution in [1.82, 2.24) is 9.66 Å². The first-order valence-electron chi connectivity index (χ1n) is 11.2. The van der Waals surface area contributed by atoms with E-state index in [1.807, 2.05) is 43.3 Å². The lowest BCUT2D eigenvalue weighted by Crippen LogP contribution is -2.23. The molecule has 1 aromatic heterocycles. The fraction of sp³-hybridized carbons (Fsp3) is 0.185. The molecule has 4 rings (SSSR count). The van der Waals surface area contributed by atoms with Crippen molar-refractivity contribution in [2.24, 2.45) is 5.10 Å². The molecule has 1 atom stereocenters. The highest BCUT2D eigenvalue weighted by molar-refractivity contribution is 9.10. The van der Waals surface area contributed by atoms with E-state index in [0.717, 1.165) is 22.0 Å². The van der Waals surface area contributed by atoms with E-state index in [1.165, 1.54) is 4.68 Å². The standard InChI is InChI=1S/C27H24BrN3O4/c1-3-17(2)25-30-24-13-10-21(28)14-23(24)26(32)31(25)29-15-18-6-11-22(12-7-18)35-16-19-4-8-20(9-5-19)27(33)34/h4-15,17H,3,16H2,1-2H3,(H,33,34)/t17-/m1/s1. The molecule has 0 spiro atoms. The van der Waals surface area contributed by atoms with Gasteiger partial charge >= 0.3 is 5.97 Å². The van der Waals surface area contributed by atoms with Crippen LogP contribution in [0, 0.1) is 0 Å². The fourth-order valence-corrected chi connectivity index (χ4v) is 3.82. The first kappa shape index (κ1) is 24.3. The maximum absolute atomic E-state index is 13.2. The monoisotopic (exact) mass is 533 g/mol. The third kappa shape index (κ3) is 5.66. The number of benzene rings is 3. The minimum absolute atomic E-state index is 0.0632. The third-order valence-corrected chi connectivity index (χ3v) is 6.19. The van der Waals surface area contributed by atoms with Crippen molar-refractivity contribution in [3.05, 3.63) is 104 Å². The van der Waals surface area contributed by atoms with Gasteiger partial charge in [0.05, 0.1) is 22.7 Å². The van der Waals surface area contributed by atoms with Crippen LogP contribution in [0.2, 0.25) is 0 Å². The van der Waals surface area contributed by atoms with Crippen LogP contribution in [0.1, 0.15) is 53.5 Å². The molecule has 1 N–H and O–H groups in total. The van der Waals surface area contributed by atoms with Gasteiger partial charge in [-0.3, -0.25) is 4.79 Å². The van der Waals surface area contributed by atoms with Crippen molar-refractivity contribution in [3.8, 4) is 5.75 Å². The van der Waals surface area contributed by atoms with Crippen molar-refractivity contribution < 1.29 is 14.6 Å². The summed E-state index contributed by atoms with van der Waals surface area (Å²) in [6, 6.07) is 19.4. The van der Waals surface area contributed by atoms with Crippen molar-refractivity contribution in [2.75, 3.05) is 0 Å². The van der Waals surface area contributed by atoms with E-state index in [4.69, 9.17) is 14.8 Å². The smallest absolute Gasteiger partial charge is 0.335 e. The third-order valence-electron chi connectivity index (χ3n) is 5.70. The van der Waals surface area contributed by atoms with Gasteiger partial charge in [0.15, 0.2) is 0 Å². The number of carbonyl (C=O) groups is 1. The number of ether oxygens (including phenoxy) is 1. The van der Waals surface area contributed by atoms with Gasteiger partial charge in [0.2, 0.25) is 0 Å². The second kappa shape index (κ2) is 10.7. The lowest BCUT2D eigenvalue weighted by molar-refractivity contribution is 0.0697. The molecular formula is C27H24BrN3O4. The second-order valence-corrected chi connectivity index (χ2v) is 9.08. The van der Waals surface area contributed by atoms with Crippen LogP contribution < -0.4 is 10.3 Å². The van der Waals surface area contributed by atoms with Gasteiger partial charge in [-0.25, -0.2) is 9.78 Å². The molecule has 178 valence electrons. The Labute approximate surface area is 210 Å². The summed E-state index contributed by atoms with van der Waals surface area (Å²) in [5.74, 6) is 0.394. The summed E-state index contributed by atoms with van der Waals surface area (Å²) in [5, 5.41) is 14.0. The zero-order valence-electron chi connectivity index (χ0n) is 19.3. The Morgan fingerprint density at radius 1 is 1.14 bits per heavy atom. The minimum Gasteiger partial charge on any atom is -0.489 e. The predicted octanol–water partition coefficient (Wildman–Crippen LogP) is 5.83. The van der Waals surface area contributed by atoms with E-state index in [-0.39, 0.29) is 17.0 Å².